The highest BCUT2D eigenvalue weighted by atomic mass is 16.3. The minimum atomic E-state index is -0.560. The lowest BCUT2D eigenvalue weighted by molar-refractivity contribution is 0.0722. The Kier molecular flexibility index (Phi) is 4.67. The van der Waals surface area contributed by atoms with E-state index in [-0.39, 0.29) is 6.61 Å². The van der Waals surface area contributed by atoms with Crippen LogP contribution >= 0.6 is 0 Å². The molecule has 0 saturated carbocycles. The second-order valence-electron chi connectivity index (χ2n) is 2.25. The number of hydrogen-bond donors (Lipinski definition) is 3. The molecule has 0 unspecified atom stereocenters. The van der Waals surface area contributed by atoms with Gasteiger partial charge in [-0.3, -0.25) is 0 Å². The molecular weight excluding hydrogens is 120 g/mol. The molecule has 0 aromatic rings. The van der Waals surface area contributed by atoms with Gasteiger partial charge in [-0.05, 0) is 19.8 Å². The largest absolute Gasteiger partial charge is 0.396 e. The summed E-state index contributed by atoms with van der Waals surface area (Å²) in [4.78, 5) is 0. The normalized spacial score (nSPS) is 17.3. The van der Waals surface area contributed by atoms with Gasteiger partial charge >= 0.3 is 0 Å². The van der Waals surface area contributed by atoms with Crippen molar-refractivity contribution < 1.29 is 15.3 Å². The van der Waals surface area contributed by atoms with Crippen LogP contribution in [-0.4, -0.2) is 34.1 Å². The van der Waals surface area contributed by atoms with Crippen LogP contribution in [0.1, 0.15) is 19.8 Å². The molecule has 0 rings (SSSR count). The Bertz CT molecular complexity index is 63.3. The standard InChI is InChI=1S/C6H14O3/c1-5(8)4-6(9)2-3-7/h5-9H,2-4H2,1H3/t5-,6-/m0/s1. The van der Waals surface area contributed by atoms with Gasteiger partial charge in [0.25, 0.3) is 0 Å². The van der Waals surface area contributed by atoms with Crippen molar-refractivity contribution in [2.45, 2.75) is 32.0 Å². The smallest absolute Gasteiger partial charge is 0.0586 e. The van der Waals surface area contributed by atoms with E-state index in [9.17, 15) is 0 Å². The third kappa shape index (κ3) is 5.76. The molecule has 0 fully saturated rings. The third-order valence-corrected chi connectivity index (χ3v) is 1.08. The first-order chi connectivity index (χ1) is 4.16. The van der Waals surface area contributed by atoms with Crippen molar-refractivity contribution in [3.63, 3.8) is 0 Å². The van der Waals surface area contributed by atoms with E-state index in [0.717, 1.165) is 0 Å². The Morgan fingerprint density at radius 3 is 2.22 bits per heavy atom. The van der Waals surface area contributed by atoms with E-state index in [1.54, 1.807) is 6.92 Å². The van der Waals surface area contributed by atoms with E-state index in [0.29, 0.717) is 12.8 Å². The SMILES string of the molecule is C[C@H](O)C[C@@H](O)CCO. The predicted octanol–water partition coefficient (Wildman–Crippen LogP) is -0.499. The van der Waals surface area contributed by atoms with Crippen molar-refractivity contribution in [2.24, 2.45) is 0 Å². The first-order valence-electron chi connectivity index (χ1n) is 3.13. The maximum atomic E-state index is 8.90. The van der Waals surface area contributed by atoms with Crippen LogP contribution in [0.5, 0.6) is 0 Å². The van der Waals surface area contributed by atoms with Crippen LogP contribution in [0.25, 0.3) is 0 Å². The van der Waals surface area contributed by atoms with Crippen LogP contribution in [0.15, 0.2) is 0 Å². The molecule has 0 aromatic heterocycles. The lowest BCUT2D eigenvalue weighted by atomic mass is 10.1. The van der Waals surface area contributed by atoms with Gasteiger partial charge in [-0.1, -0.05) is 0 Å². The highest BCUT2D eigenvalue weighted by Crippen LogP contribution is 2.00. The molecule has 0 aromatic carbocycles. The molecule has 0 aliphatic carbocycles. The molecule has 0 aliphatic heterocycles. The fourth-order valence-electron chi connectivity index (χ4n) is 0.661. The van der Waals surface area contributed by atoms with E-state index in [4.69, 9.17) is 15.3 Å². The summed E-state index contributed by atoms with van der Waals surface area (Å²) in [7, 11) is 0. The molecule has 0 amide bonds. The van der Waals surface area contributed by atoms with Crippen LogP contribution in [0.3, 0.4) is 0 Å². The van der Waals surface area contributed by atoms with Gasteiger partial charge in [0, 0.05) is 6.61 Å². The van der Waals surface area contributed by atoms with E-state index in [1.807, 2.05) is 0 Å². The third-order valence-electron chi connectivity index (χ3n) is 1.08. The van der Waals surface area contributed by atoms with Crippen LogP contribution in [0, 0.1) is 0 Å². The molecule has 56 valence electrons. The van der Waals surface area contributed by atoms with E-state index < -0.39 is 12.2 Å². The number of hydrogen-bond acceptors (Lipinski definition) is 3. The minimum Gasteiger partial charge on any atom is -0.396 e. The molecule has 3 N–H and O–H groups in total. The van der Waals surface area contributed by atoms with E-state index in [1.165, 1.54) is 0 Å². The van der Waals surface area contributed by atoms with Crippen molar-refractivity contribution in [1.29, 1.82) is 0 Å². The van der Waals surface area contributed by atoms with Gasteiger partial charge < -0.3 is 15.3 Å². The van der Waals surface area contributed by atoms with Gasteiger partial charge in [0.15, 0.2) is 0 Å². The van der Waals surface area contributed by atoms with Gasteiger partial charge in [-0.2, -0.15) is 0 Å². The quantitative estimate of drug-likeness (QED) is 0.486. The van der Waals surface area contributed by atoms with Crippen LogP contribution in [0.4, 0.5) is 0 Å². The molecule has 0 bridgehead atoms. The van der Waals surface area contributed by atoms with Crippen molar-refractivity contribution in [1.82, 2.24) is 0 Å². The van der Waals surface area contributed by atoms with Gasteiger partial charge in [0.1, 0.15) is 0 Å². The van der Waals surface area contributed by atoms with E-state index in [2.05, 4.69) is 0 Å². The Morgan fingerprint density at radius 1 is 1.33 bits per heavy atom. The molecular formula is C6H14O3. The lowest BCUT2D eigenvalue weighted by Crippen LogP contribution is -2.15. The highest BCUT2D eigenvalue weighted by molar-refractivity contribution is 4.57. The van der Waals surface area contributed by atoms with Crippen LogP contribution in [0.2, 0.25) is 0 Å². The Balaban J connectivity index is 3.15. The summed E-state index contributed by atoms with van der Waals surface area (Å²) >= 11 is 0. The molecule has 3 heteroatoms. The van der Waals surface area contributed by atoms with Gasteiger partial charge in [-0.25, -0.2) is 0 Å². The average Bonchev–Trinajstić information content (AvgIpc) is 1.63. The fourth-order valence-corrected chi connectivity index (χ4v) is 0.661. The predicted molar refractivity (Wildman–Crippen MR) is 34.0 cm³/mol. The zero-order valence-electron chi connectivity index (χ0n) is 5.62. The average molecular weight is 134 g/mol. The van der Waals surface area contributed by atoms with Crippen molar-refractivity contribution in [3.8, 4) is 0 Å². The maximum Gasteiger partial charge on any atom is 0.0586 e. The fraction of sp³-hybridized carbons (Fsp3) is 1.00. The first kappa shape index (κ1) is 8.88. The molecule has 0 saturated heterocycles. The number of aliphatic hydroxyl groups is 3. The minimum absolute atomic E-state index is 0.0200. The summed E-state index contributed by atoms with van der Waals surface area (Å²) in [5, 5.41) is 25.9. The zero-order valence-corrected chi connectivity index (χ0v) is 5.62. The van der Waals surface area contributed by atoms with Crippen LogP contribution in [-0.2, 0) is 0 Å². The summed E-state index contributed by atoms with van der Waals surface area (Å²) in [5.74, 6) is 0. The van der Waals surface area contributed by atoms with Gasteiger partial charge in [0.05, 0.1) is 12.2 Å². The van der Waals surface area contributed by atoms with Gasteiger partial charge in [0.2, 0.25) is 0 Å². The van der Waals surface area contributed by atoms with E-state index >= 15 is 0 Å². The highest BCUT2D eigenvalue weighted by Gasteiger charge is 2.05. The molecule has 0 spiro atoms. The topological polar surface area (TPSA) is 60.7 Å². The molecule has 0 aliphatic rings. The molecule has 9 heavy (non-hydrogen) atoms. The maximum absolute atomic E-state index is 8.90. The molecule has 2 atom stereocenters. The Morgan fingerprint density at radius 2 is 1.89 bits per heavy atom. The summed E-state index contributed by atoms with van der Waals surface area (Å²) in [6.45, 7) is 1.59. The summed E-state index contributed by atoms with van der Waals surface area (Å²) < 4.78 is 0. The van der Waals surface area contributed by atoms with Crippen LogP contribution < -0.4 is 0 Å². The summed E-state index contributed by atoms with van der Waals surface area (Å²) in [5.41, 5.74) is 0. The second-order valence-corrected chi connectivity index (χ2v) is 2.25. The molecule has 0 heterocycles. The van der Waals surface area contributed by atoms with Crippen molar-refractivity contribution in [3.05, 3.63) is 0 Å². The van der Waals surface area contributed by atoms with Crippen molar-refractivity contribution in [2.75, 3.05) is 6.61 Å². The van der Waals surface area contributed by atoms with Gasteiger partial charge in [-0.15, -0.1) is 0 Å². The zero-order chi connectivity index (χ0) is 7.28. The van der Waals surface area contributed by atoms with Crippen molar-refractivity contribution >= 4 is 0 Å². The molecule has 3 nitrogen and oxygen atoms in total. The Labute approximate surface area is 54.9 Å². The molecule has 0 radical (unpaired) electrons. The summed E-state index contributed by atoms with van der Waals surface area (Å²) in [6, 6.07) is 0. The lowest BCUT2D eigenvalue weighted by Gasteiger charge is -2.09. The Hall–Kier alpha value is -0.120. The second kappa shape index (κ2) is 4.73. The number of aliphatic hydroxyl groups excluding tert-OH is 3. The first-order valence-corrected chi connectivity index (χ1v) is 3.13. The monoisotopic (exact) mass is 134 g/mol. The number of rotatable bonds is 4. The summed E-state index contributed by atoms with van der Waals surface area (Å²) in [6.07, 6.45) is -0.340.